The van der Waals surface area contributed by atoms with Gasteiger partial charge < -0.3 is 10.6 Å². The highest BCUT2D eigenvalue weighted by molar-refractivity contribution is 6.30. The van der Waals surface area contributed by atoms with Crippen LogP contribution in [0.25, 0.3) is 0 Å². The second-order valence-corrected chi connectivity index (χ2v) is 5.46. The monoisotopic (exact) mass is 317 g/mol. The fourth-order valence-corrected chi connectivity index (χ4v) is 2.09. The molecule has 5 heteroatoms. The molecule has 1 aromatic carbocycles. The highest BCUT2D eigenvalue weighted by atomic mass is 35.5. The predicted octanol–water partition coefficient (Wildman–Crippen LogP) is 4.59. The summed E-state index contributed by atoms with van der Waals surface area (Å²) in [6, 6.07) is 10.6. The summed E-state index contributed by atoms with van der Waals surface area (Å²) < 4.78 is 0. The SMILES string of the molecule is CCCCCNc1ccc(C(=O)Nc2ccc(Cl)cc2)nc1. The number of carbonyl (C=O) groups is 1. The van der Waals surface area contributed by atoms with Crippen LogP contribution in [0.5, 0.6) is 0 Å². The molecule has 2 aromatic rings. The molecule has 0 spiro atoms. The van der Waals surface area contributed by atoms with E-state index in [1.165, 1.54) is 12.8 Å². The van der Waals surface area contributed by atoms with Crippen molar-refractivity contribution in [2.45, 2.75) is 26.2 Å². The zero-order valence-corrected chi connectivity index (χ0v) is 13.4. The lowest BCUT2D eigenvalue weighted by Crippen LogP contribution is -2.13. The van der Waals surface area contributed by atoms with E-state index in [0.717, 1.165) is 18.7 Å². The van der Waals surface area contributed by atoms with Gasteiger partial charge >= 0.3 is 0 Å². The minimum Gasteiger partial charge on any atom is -0.384 e. The number of rotatable bonds is 7. The molecule has 0 fully saturated rings. The Kier molecular flexibility index (Phi) is 6.22. The van der Waals surface area contributed by atoms with Crippen LogP contribution in [0.4, 0.5) is 11.4 Å². The van der Waals surface area contributed by atoms with Crippen molar-refractivity contribution in [2.75, 3.05) is 17.2 Å². The van der Waals surface area contributed by atoms with Crippen molar-refractivity contribution in [1.82, 2.24) is 4.98 Å². The first-order chi connectivity index (χ1) is 10.7. The van der Waals surface area contributed by atoms with Gasteiger partial charge in [0.05, 0.1) is 11.9 Å². The lowest BCUT2D eigenvalue weighted by atomic mass is 10.2. The summed E-state index contributed by atoms with van der Waals surface area (Å²) in [4.78, 5) is 16.3. The number of unbranched alkanes of at least 4 members (excludes halogenated alkanes) is 2. The highest BCUT2D eigenvalue weighted by Gasteiger charge is 2.07. The number of hydrogen-bond acceptors (Lipinski definition) is 3. The van der Waals surface area contributed by atoms with Gasteiger partial charge in [0.25, 0.3) is 5.91 Å². The summed E-state index contributed by atoms with van der Waals surface area (Å²) in [5.41, 5.74) is 2.01. The zero-order valence-electron chi connectivity index (χ0n) is 12.6. The summed E-state index contributed by atoms with van der Waals surface area (Å²) >= 11 is 5.81. The smallest absolute Gasteiger partial charge is 0.274 e. The van der Waals surface area contributed by atoms with E-state index in [-0.39, 0.29) is 5.91 Å². The number of halogens is 1. The summed E-state index contributed by atoms with van der Waals surface area (Å²) in [5, 5.41) is 6.71. The Morgan fingerprint density at radius 2 is 1.82 bits per heavy atom. The Labute approximate surface area is 135 Å². The average Bonchev–Trinajstić information content (AvgIpc) is 2.54. The quantitative estimate of drug-likeness (QED) is 0.734. The second-order valence-electron chi connectivity index (χ2n) is 5.03. The number of carbonyl (C=O) groups excluding carboxylic acids is 1. The Balaban J connectivity index is 1.89. The molecule has 0 saturated carbocycles. The van der Waals surface area contributed by atoms with Gasteiger partial charge in [-0.2, -0.15) is 0 Å². The molecule has 1 aromatic heterocycles. The lowest BCUT2D eigenvalue weighted by molar-refractivity contribution is 0.102. The van der Waals surface area contributed by atoms with Gasteiger partial charge in [0, 0.05) is 17.3 Å². The minimum absolute atomic E-state index is 0.236. The number of benzene rings is 1. The van der Waals surface area contributed by atoms with E-state index in [0.29, 0.717) is 16.4 Å². The maximum Gasteiger partial charge on any atom is 0.274 e. The van der Waals surface area contributed by atoms with Crippen molar-refractivity contribution < 1.29 is 4.79 Å². The third kappa shape index (κ3) is 5.04. The van der Waals surface area contributed by atoms with Crippen LogP contribution in [0, 0.1) is 0 Å². The zero-order chi connectivity index (χ0) is 15.8. The number of nitrogens with zero attached hydrogens (tertiary/aromatic N) is 1. The molecule has 1 heterocycles. The van der Waals surface area contributed by atoms with Gasteiger partial charge in [0.15, 0.2) is 0 Å². The van der Waals surface area contributed by atoms with Crippen molar-refractivity contribution in [3.05, 3.63) is 53.3 Å². The molecule has 0 atom stereocenters. The Hall–Kier alpha value is -2.07. The lowest BCUT2D eigenvalue weighted by Gasteiger charge is -2.07. The van der Waals surface area contributed by atoms with Crippen LogP contribution in [-0.4, -0.2) is 17.4 Å². The molecule has 0 aliphatic rings. The fraction of sp³-hybridized carbons (Fsp3) is 0.294. The molecule has 2 rings (SSSR count). The van der Waals surface area contributed by atoms with Crippen LogP contribution in [0.1, 0.15) is 36.7 Å². The molecule has 0 unspecified atom stereocenters. The van der Waals surface area contributed by atoms with Crippen LogP contribution in [0.2, 0.25) is 5.02 Å². The van der Waals surface area contributed by atoms with E-state index in [2.05, 4.69) is 22.5 Å². The molecular weight excluding hydrogens is 298 g/mol. The first-order valence-corrected chi connectivity index (χ1v) is 7.83. The van der Waals surface area contributed by atoms with Gasteiger partial charge in [0.1, 0.15) is 5.69 Å². The molecule has 2 N–H and O–H groups in total. The minimum atomic E-state index is -0.236. The molecule has 0 aliphatic heterocycles. The van der Waals surface area contributed by atoms with Crippen molar-refractivity contribution in [2.24, 2.45) is 0 Å². The fourth-order valence-electron chi connectivity index (χ4n) is 1.97. The molecule has 116 valence electrons. The molecule has 0 saturated heterocycles. The van der Waals surface area contributed by atoms with Gasteiger partial charge in [-0.1, -0.05) is 31.4 Å². The largest absolute Gasteiger partial charge is 0.384 e. The van der Waals surface area contributed by atoms with Gasteiger partial charge in [-0.25, -0.2) is 4.98 Å². The Bertz CT molecular complexity index is 596. The molecular formula is C17H20ClN3O. The number of nitrogens with one attached hydrogen (secondary N) is 2. The van der Waals surface area contributed by atoms with Crippen molar-refractivity contribution in [1.29, 1.82) is 0 Å². The molecule has 0 radical (unpaired) electrons. The summed E-state index contributed by atoms with van der Waals surface area (Å²) in [7, 11) is 0. The predicted molar refractivity (Wildman–Crippen MR) is 91.7 cm³/mol. The summed E-state index contributed by atoms with van der Waals surface area (Å²) in [5.74, 6) is -0.236. The van der Waals surface area contributed by atoms with Crippen LogP contribution >= 0.6 is 11.6 Å². The van der Waals surface area contributed by atoms with Crippen molar-refractivity contribution in [3.8, 4) is 0 Å². The summed E-state index contributed by atoms with van der Waals surface area (Å²) in [6.45, 7) is 3.10. The van der Waals surface area contributed by atoms with Gasteiger partial charge in [-0.3, -0.25) is 4.79 Å². The molecule has 1 amide bonds. The van der Waals surface area contributed by atoms with Crippen LogP contribution in [0.15, 0.2) is 42.6 Å². The number of aromatic nitrogens is 1. The Morgan fingerprint density at radius 1 is 1.09 bits per heavy atom. The first-order valence-electron chi connectivity index (χ1n) is 7.46. The topological polar surface area (TPSA) is 54.0 Å². The molecule has 4 nitrogen and oxygen atoms in total. The van der Waals surface area contributed by atoms with E-state index in [9.17, 15) is 4.79 Å². The molecule has 0 bridgehead atoms. The van der Waals surface area contributed by atoms with Crippen LogP contribution < -0.4 is 10.6 Å². The van der Waals surface area contributed by atoms with E-state index >= 15 is 0 Å². The van der Waals surface area contributed by atoms with E-state index in [1.54, 1.807) is 36.5 Å². The first kappa shape index (κ1) is 16.3. The van der Waals surface area contributed by atoms with Crippen molar-refractivity contribution >= 4 is 28.9 Å². The molecule has 22 heavy (non-hydrogen) atoms. The van der Waals surface area contributed by atoms with Crippen molar-refractivity contribution in [3.63, 3.8) is 0 Å². The maximum atomic E-state index is 12.1. The second kappa shape index (κ2) is 8.39. The average molecular weight is 318 g/mol. The van der Waals surface area contributed by atoms with E-state index < -0.39 is 0 Å². The number of anilines is 2. The third-order valence-electron chi connectivity index (χ3n) is 3.21. The van der Waals surface area contributed by atoms with E-state index in [4.69, 9.17) is 11.6 Å². The standard InChI is InChI=1S/C17H20ClN3O/c1-2-3-4-11-19-15-9-10-16(20-12-15)17(22)21-14-7-5-13(18)6-8-14/h5-10,12,19H,2-4,11H2,1H3,(H,21,22). The van der Waals surface area contributed by atoms with E-state index in [1.807, 2.05) is 6.07 Å². The maximum absolute atomic E-state index is 12.1. The summed E-state index contributed by atoms with van der Waals surface area (Å²) in [6.07, 6.45) is 5.23. The number of pyridine rings is 1. The normalized spacial score (nSPS) is 10.3. The van der Waals surface area contributed by atoms with Gasteiger partial charge in [0.2, 0.25) is 0 Å². The molecule has 0 aliphatic carbocycles. The Morgan fingerprint density at radius 3 is 2.45 bits per heavy atom. The van der Waals surface area contributed by atoms with Gasteiger partial charge in [-0.05, 0) is 42.8 Å². The van der Waals surface area contributed by atoms with Crippen LogP contribution in [0.3, 0.4) is 0 Å². The third-order valence-corrected chi connectivity index (χ3v) is 3.46. The highest BCUT2D eigenvalue weighted by Crippen LogP contribution is 2.14. The van der Waals surface area contributed by atoms with Gasteiger partial charge in [-0.15, -0.1) is 0 Å². The number of amides is 1. The van der Waals surface area contributed by atoms with Crippen LogP contribution in [-0.2, 0) is 0 Å². The number of hydrogen-bond donors (Lipinski definition) is 2.